The molecular weight excluding hydrogens is 306 g/mol. The van der Waals surface area contributed by atoms with Crippen LogP contribution in [-0.2, 0) is 0 Å². The maximum Gasteiger partial charge on any atom is 0.204 e. The lowest BCUT2D eigenvalue weighted by atomic mass is 10.0. The van der Waals surface area contributed by atoms with Gasteiger partial charge in [-0.25, -0.2) is 0 Å². The number of anilines is 1. The van der Waals surface area contributed by atoms with Gasteiger partial charge in [0.25, 0.3) is 0 Å². The Morgan fingerprint density at radius 2 is 1.91 bits per heavy atom. The van der Waals surface area contributed by atoms with Crippen LogP contribution < -0.4 is 4.90 Å². The third-order valence-electron chi connectivity index (χ3n) is 3.97. The van der Waals surface area contributed by atoms with Gasteiger partial charge in [-0.2, -0.15) is 0 Å². The van der Waals surface area contributed by atoms with E-state index in [1.54, 1.807) is 0 Å². The minimum atomic E-state index is 0.735. The zero-order valence-corrected chi connectivity index (χ0v) is 14.2. The van der Waals surface area contributed by atoms with Crippen LogP contribution in [0.2, 0.25) is 5.02 Å². The van der Waals surface area contributed by atoms with Crippen LogP contribution >= 0.6 is 11.6 Å². The van der Waals surface area contributed by atoms with E-state index in [2.05, 4.69) is 30.5 Å². The number of hydrogen-bond donors (Lipinski definition) is 0. The van der Waals surface area contributed by atoms with Crippen molar-refractivity contribution in [1.82, 2.24) is 0 Å². The monoisotopic (exact) mass is 325 g/mol. The number of hydrogen-bond acceptors (Lipinski definition) is 2. The maximum atomic E-state index is 6.16. The first-order valence-electron chi connectivity index (χ1n) is 7.71. The first-order valence-corrected chi connectivity index (χ1v) is 8.09. The highest BCUT2D eigenvalue weighted by molar-refractivity contribution is 6.30. The van der Waals surface area contributed by atoms with Crippen LogP contribution in [0.1, 0.15) is 12.0 Å². The van der Waals surface area contributed by atoms with E-state index in [1.807, 2.05) is 43.5 Å². The molecule has 1 aromatic heterocycles. The average Bonchev–Trinajstić information content (AvgIpc) is 2.92. The summed E-state index contributed by atoms with van der Waals surface area (Å²) in [5, 5.41) is 1.87. The minimum Gasteiger partial charge on any atom is -0.440 e. The molecule has 0 aliphatic heterocycles. The van der Waals surface area contributed by atoms with Gasteiger partial charge < -0.3 is 9.32 Å². The molecule has 0 bridgehead atoms. The van der Waals surface area contributed by atoms with Gasteiger partial charge in [0, 0.05) is 24.0 Å². The molecule has 0 saturated carbocycles. The Morgan fingerprint density at radius 3 is 2.61 bits per heavy atom. The van der Waals surface area contributed by atoms with Gasteiger partial charge in [-0.05, 0) is 43.2 Å². The number of benzene rings is 2. The van der Waals surface area contributed by atoms with Crippen LogP contribution in [0.5, 0.6) is 0 Å². The van der Waals surface area contributed by atoms with Crippen molar-refractivity contribution < 1.29 is 4.42 Å². The first kappa shape index (κ1) is 15.7. The molecule has 23 heavy (non-hydrogen) atoms. The lowest BCUT2D eigenvalue weighted by Gasteiger charge is -2.17. The summed E-state index contributed by atoms with van der Waals surface area (Å²) < 4.78 is 6.16. The topological polar surface area (TPSA) is 16.4 Å². The van der Waals surface area contributed by atoms with E-state index in [0.29, 0.717) is 0 Å². The number of halogens is 1. The Balaban J connectivity index is 2.20. The third kappa shape index (κ3) is 3.13. The molecule has 0 aliphatic rings. The van der Waals surface area contributed by atoms with E-state index in [4.69, 9.17) is 16.0 Å². The van der Waals surface area contributed by atoms with Crippen LogP contribution in [0, 0.1) is 6.92 Å². The minimum absolute atomic E-state index is 0.735. The van der Waals surface area contributed by atoms with Gasteiger partial charge in [0.1, 0.15) is 5.58 Å². The third-order valence-corrected chi connectivity index (χ3v) is 4.23. The number of fused-ring (bicyclic) bond motifs is 1. The largest absolute Gasteiger partial charge is 0.440 e. The van der Waals surface area contributed by atoms with Gasteiger partial charge in [0.2, 0.25) is 5.88 Å². The fraction of sp³-hybridized carbons (Fsp3) is 0.200. The highest BCUT2D eigenvalue weighted by Gasteiger charge is 2.19. The predicted molar refractivity (Wildman–Crippen MR) is 99.5 cm³/mol. The molecule has 2 nitrogen and oxygen atoms in total. The van der Waals surface area contributed by atoms with E-state index in [1.165, 1.54) is 5.56 Å². The molecule has 0 aliphatic carbocycles. The molecule has 0 fully saturated rings. The Morgan fingerprint density at radius 1 is 1.17 bits per heavy atom. The van der Waals surface area contributed by atoms with Gasteiger partial charge in [-0.1, -0.05) is 41.4 Å². The highest BCUT2D eigenvalue weighted by atomic mass is 35.5. The average molecular weight is 326 g/mol. The summed E-state index contributed by atoms with van der Waals surface area (Å²) >= 11 is 6.04. The summed E-state index contributed by atoms with van der Waals surface area (Å²) in [6.45, 7) is 6.76. The summed E-state index contributed by atoms with van der Waals surface area (Å²) in [4.78, 5) is 2.14. The summed E-state index contributed by atoms with van der Waals surface area (Å²) in [5.41, 5.74) is 4.35. The SMILES string of the molecule is C=CCCN(C)c1oc2ccc(C)cc2c1-c1ccc(Cl)cc1. The summed E-state index contributed by atoms with van der Waals surface area (Å²) in [7, 11) is 2.05. The van der Waals surface area contributed by atoms with Crippen LogP contribution in [0.3, 0.4) is 0 Å². The molecule has 0 radical (unpaired) electrons. The number of rotatable bonds is 5. The maximum absolute atomic E-state index is 6.16. The van der Waals surface area contributed by atoms with E-state index >= 15 is 0 Å². The van der Waals surface area contributed by atoms with Gasteiger partial charge in [-0.15, -0.1) is 6.58 Å². The summed E-state index contributed by atoms with van der Waals surface area (Å²) in [5.74, 6) is 0.884. The molecule has 2 aromatic carbocycles. The number of aryl methyl sites for hydroxylation is 1. The van der Waals surface area contributed by atoms with Gasteiger partial charge in [0.15, 0.2) is 0 Å². The van der Waals surface area contributed by atoms with Crippen molar-refractivity contribution >= 4 is 28.5 Å². The molecule has 0 amide bonds. The second-order valence-corrected chi connectivity index (χ2v) is 6.22. The van der Waals surface area contributed by atoms with Crippen LogP contribution in [-0.4, -0.2) is 13.6 Å². The molecule has 0 N–H and O–H groups in total. The molecule has 0 unspecified atom stereocenters. The van der Waals surface area contributed by atoms with E-state index in [-0.39, 0.29) is 0 Å². The summed E-state index contributed by atoms with van der Waals surface area (Å²) in [6.07, 6.45) is 2.83. The normalized spacial score (nSPS) is 10.9. The molecule has 118 valence electrons. The van der Waals surface area contributed by atoms with Crippen molar-refractivity contribution in [2.75, 3.05) is 18.5 Å². The Hall–Kier alpha value is -2.19. The standard InChI is InChI=1S/C20H20ClNO/c1-4-5-12-22(3)20-19(15-7-9-16(21)10-8-15)17-13-14(2)6-11-18(17)23-20/h4,6-11,13H,1,5,12H2,2-3H3. The highest BCUT2D eigenvalue weighted by Crippen LogP contribution is 2.40. The fourth-order valence-corrected chi connectivity index (χ4v) is 2.88. The number of furan rings is 1. The van der Waals surface area contributed by atoms with Gasteiger partial charge in [-0.3, -0.25) is 0 Å². The van der Waals surface area contributed by atoms with Gasteiger partial charge in [0.05, 0.1) is 5.56 Å². The Bertz CT molecular complexity index is 833. The quantitative estimate of drug-likeness (QED) is 0.529. The zero-order valence-electron chi connectivity index (χ0n) is 13.5. The van der Waals surface area contributed by atoms with E-state index < -0.39 is 0 Å². The van der Waals surface area contributed by atoms with E-state index in [9.17, 15) is 0 Å². The molecule has 0 atom stereocenters. The summed E-state index contributed by atoms with van der Waals surface area (Å²) in [6, 6.07) is 14.2. The molecule has 0 saturated heterocycles. The van der Waals surface area contributed by atoms with Crippen molar-refractivity contribution in [3.63, 3.8) is 0 Å². The van der Waals surface area contributed by atoms with Crippen LogP contribution in [0.25, 0.3) is 22.1 Å². The molecule has 3 rings (SSSR count). The zero-order chi connectivity index (χ0) is 16.4. The van der Waals surface area contributed by atoms with Crippen molar-refractivity contribution in [3.8, 4) is 11.1 Å². The molecule has 1 heterocycles. The lowest BCUT2D eigenvalue weighted by molar-refractivity contribution is 0.598. The lowest BCUT2D eigenvalue weighted by Crippen LogP contribution is -2.17. The van der Waals surface area contributed by atoms with E-state index in [0.717, 1.165) is 46.0 Å². The second-order valence-electron chi connectivity index (χ2n) is 5.79. The van der Waals surface area contributed by atoms with Crippen molar-refractivity contribution in [2.24, 2.45) is 0 Å². The number of nitrogens with zero attached hydrogens (tertiary/aromatic N) is 1. The predicted octanol–water partition coefficient (Wildman–Crippen LogP) is 6.07. The second kappa shape index (κ2) is 6.51. The smallest absolute Gasteiger partial charge is 0.204 e. The van der Waals surface area contributed by atoms with Crippen molar-refractivity contribution in [2.45, 2.75) is 13.3 Å². The van der Waals surface area contributed by atoms with Crippen molar-refractivity contribution in [3.05, 3.63) is 65.7 Å². The first-order chi connectivity index (χ1) is 11.1. The Kier molecular flexibility index (Phi) is 4.44. The van der Waals surface area contributed by atoms with Crippen LogP contribution in [0.15, 0.2) is 59.5 Å². The van der Waals surface area contributed by atoms with Crippen molar-refractivity contribution in [1.29, 1.82) is 0 Å². The molecule has 0 spiro atoms. The van der Waals surface area contributed by atoms with Gasteiger partial charge >= 0.3 is 0 Å². The molecule has 3 aromatic rings. The molecule has 3 heteroatoms. The molecular formula is C20H20ClNO. The fourth-order valence-electron chi connectivity index (χ4n) is 2.75. The van der Waals surface area contributed by atoms with Crippen LogP contribution in [0.4, 0.5) is 5.88 Å². The Labute approximate surface area is 142 Å².